The van der Waals surface area contributed by atoms with E-state index < -0.39 is 0 Å². The average molecular weight is 452 g/mol. The van der Waals surface area contributed by atoms with Crippen LogP contribution in [0.2, 0.25) is 0 Å². The topological polar surface area (TPSA) is 38.8 Å². The van der Waals surface area contributed by atoms with Crippen molar-refractivity contribution in [3.8, 4) is 5.75 Å². The van der Waals surface area contributed by atoms with E-state index in [-0.39, 0.29) is 17.8 Å². The summed E-state index contributed by atoms with van der Waals surface area (Å²) in [5.41, 5.74) is 1.67. The lowest BCUT2D eigenvalue weighted by Gasteiger charge is -2.24. The van der Waals surface area contributed by atoms with Crippen LogP contribution in [0.15, 0.2) is 72.1 Å². The molecule has 0 aliphatic carbocycles. The first-order chi connectivity index (χ1) is 15.7. The van der Waals surface area contributed by atoms with Crippen molar-refractivity contribution in [2.45, 2.75) is 32.1 Å². The van der Waals surface area contributed by atoms with E-state index in [2.05, 4.69) is 0 Å². The van der Waals surface area contributed by atoms with E-state index in [0.29, 0.717) is 25.3 Å². The van der Waals surface area contributed by atoms with Crippen LogP contribution in [0.5, 0.6) is 5.75 Å². The molecule has 0 radical (unpaired) electrons. The van der Waals surface area contributed by atoms with Gasteiger partial charge in [-0.15, -0.1) is 11.3 Å². The van der Waals surface area contributed by atoms with Gasteiger partial charge in [0.05, 0.1) is 6.10 Å². The molecule has 0 bridgehead atoms. The Kier molecular flexibility index (Phi) is 7.69. The summed E-state index contributed by atoms with van der Waals surface area (Å²) in [7, 11) is 0. The molecular formula is C26H26FNO3S. The molecule has 1 aliphatic heterocycles. The van der Waals surface area contributed by atoms with Crippen LogP contribution in [0.25, 0.3) is 6.08 Å². The SMILES string of the molecule is O=C(/C=C/c1cccc(F)c1)N(Cc1ccc(OCc2cccs2)cc1)C[C@@H]1CCCO1. The fourth-order valence-corrected chi connectivity index (χ4v) is 4.23. The number of ether oxygens (including phenoxy) is 2. The lowest BCUT2D eigenvalue weighted by Crippen LogP contribution is -2.35. The maximum Gasteiger partial charge on any atom is 0.246 e. The Morgan fingerprint density at radius 1 is 1.19 bits per heavy atom. The summed E-state index contributed by atoms with van der Waals surface area (Å²) < 4.78 is 25.0. The molecule has 4 rings (SSSR count). The third-order valence-electron chi connectivity index (χ3n) is 5.28. The van der Waals surface area contributed by atoms with Crippen molar-refractivity contribution in [2.24, 2.45) is 0 Å². The number of carbonyl (C=O) groups excluding carboxylic acids is 1. The van der Waals surface area contributed by atoms with Gasteiger partial charge in [0, 0.05) is 30.6 Å². The van der Waals surface area contributed by atoms with Crippen LogP contribution in [0.3, 0.4) is 0 Å². The predicted molar refractivity (Wildman–Crippen MR) is 125 cm³/mol. The van der Waals surface area contributed by atoms with E-state index in [1.165, 1.54) is 23.1 Å². The van der Waals surface area contributed by atoms with Crippen LogP contribution < -0.4 is 4.74 Å². The van der Waals surface area contributed by atoms with Crippen molar-refractivity contribution in [3.63, 3.8) is 0 Å². The first-order valence-electron chi connectivity index (χ1n) is 10.7. The van der Waals surface area contributed by atoms with Crippen LogP contribution in [-0.4, -0.2) is 30.1 Å². The van der Waals surface area contributed by atoms with E-state index in [4.69, 9.17) is 9.47 Å². The number of rotatable bonds is 9. The summed E-state index contributed by atoms with van der Waals surface area (Å²) in [5, 5.41) is 2.03. The first kappa shape index (κ1) is 22.2. The third kappa shape index (κ3) is 6.52. The standard InChI is InChI=1S/C26H26FNO3S/c27-22-5-1-4-20(16-22)10-13-26(29)28(18-24-6-2-14-30-24)17-21-8-11-23(12-9-21)31-19-25-7-3-15-32-25/h1,3-5,7-13,15-16,24H,2,6,14,17-19H2/b13-10+/t24-/m0/s1. The highest BCUT2D eigenvalue weighted by molar-refractivity contribution is 7.09. The molecular weight excluding hydrogens is 425 g/mol. The lowest BCUT2D eigenvalue weighted by molar-refractivity contribution is -0.128. The van der Waals surface area contributed by atoms with Gasteiger partial charge in [0.25, 0.3) is 0 Å². The van der Waals surface area contributed by atoms with Crippen molar-refractivity contribution in [2.75, 3.05) is 13.2 Å². The smallest absolute Gasteiger partial charge is 0.246 e. The van der Waals surface area contributed by atoms with Crippen LogP contribution in [0.1, 0.15) is 28.8 Å². The number of hydrogen-bond donors (Lipinski definition) is 0. The summed E-state index contributed by atoms with van der Waals surface area (Å²) in [4.78, 5) is 15.9. The van der Waals surface area contributed by atoms with E-state index in [1.807, 2.05) is 41.8 Å². The molecule has 32 heavy (non-hydrogen) atoms. The second-order valence-corrected chi connectivity index (χ2v) is 8.79. The highest BCUT2D eigenvalue weighted by atomic mass is 32.1. The van der Waals surface area contributed by atoms with E-state index in [0.717, 1.165) is 30.8 Å². The van der Waals surface area contributed by atoms with Gasteiger partial charge < -0.3 is 14.4 Å². The Hall–Kier alpha value is -2.96. The molecule has 6 heteroatoms. The van der Waals surface area contributed by atoms with E-state index in [9.17, 15) is 9.18 Å². The summed E-state index contributed by atoms with van der Waals surface area (Å²) in [5.74, 6) is 0.352. The molecule has 2 heterocycles. The van der Waals surface area contributed by atoms with Crippen molar-refractivity contribution in [1.82, 2.24) is 4.90 Å². The maximum absolute atomic E-state index is 13.4. The minimum Gasteiger partial charge on any atom is -0.488 e. The summed E-state index contributed by atoms with van der Waals surface area (Å²) in [6, 6.07) is 18.1. The zero-order valence-electron chi connectivity index (χ0n) is 17.8. The van der Waals surface area contributed by atoms with Gasteiger partial charge in [-0.25, -0.2) is 4.39 Å². The average Bonchev–Trinajstić information content (AvgIpc) is 3.51. The largest absolute Gasteiger partial charge is 0.488 e. The van der Waals surface area contributed by atoms with Crippen molar-refractivity contribution in [3.05, 3.63) is 93.9 Å². The van der Waals surface area contributed by atoms with Gasteiger partial charge >= 0.3 is 0 Å². The first-order valence-corrected chi connectivity index (χ1v) is 11.6. The van der Waals surface area contributed by atoms with Gasteiger partial charge in [0.1, 0.15) is 18.2 Å². The Labute approximate surface area is 191 Å². The zero-order chi connectivity index (χ0) is 22.2. The predicted octanol–water partition coefficient (Wildman–Crippen LogP) is 5.69. The summed E-state index contributed by atoms with van der Waals surface area (Å²) in [6.07, 6.45) is 5.17. The highest BCUT2D eigenvalue weighted by Gasteiger charge is 2.21. The van der Waals surface area contributed by atoms with Gasteiger partial charge in [-0.1, -0.05) is 30.3 Å². The Morgan fingerprint density at radius 3 is 2.78 bits per heavy atom. The molecule has 0 saturated carbocycles. The molecule has 1 atom stereocenters. The minimum absolute atomic E-state index is 0.0509. The Balaban J connectivity index is 1.40. The molecule has 2 aromatic carbocycles. The van der Waals surface area contributed by atoms with Crippen molar-refractivity contribution >= 4 is 23.3 Å². The number of thiophene rings is 1. The van der Waals surface area contributed by atoms with Crippen LogP contribution in [0, 0.1) is 5.82 Å². The molecule has 1 fully saturated rings. The third-order valence-corrected chi connectivity index (χ3v) is 6.13. The van der Waals surface area contributed by atoms with Crippen LogP contribution in [-0.2, 0) is 22.7 Å². The summed E-state index contributed by atoms with van der Waals surface area (Å²) >= 11 is 1.67. The fraction of sp³-hybridized carbons (Fsp3) is 0.269. The molecule has 0 N–H and O–H groups in total. The quantitative estimate of drug-likeness (QED) is 0.393. The van der Waals surface area contributed by atoms with Crippen LogP contribution in [0.4, 0.5) is 4.39 Å². The Morgan fingerprint density at radius 2 is 2.06 bits per heavy atom. The highest BCUT2D eigenvalue weighted by Crippen LogP contribution is 2.19. The van der Waals surface area contributed by atoms with Gasteiger partial charge in [-0.2, -0.15) is 0 Å². The number of benzene rings is 2. The van der Waals surface area contributed by atoms with E-state index in [1.54, 1.807) is 34.4 Å². The maximum atomic E-state index is 13.4. The van der Waals surface area contributed by atoms with Gasteiger partial charge in [-0.3, -0.25) is 4.79 Å². The molecule has 1 aliphatic rings. The zero-order valence-corrected chi connectivity index (χ0v) is 18.6. The minimum atomic E-state index is -0.322. The molecule has 3 aromatic rings. The monoisotopic (exact) mass is 451 g/mol. The van der Waals surface area contributed by atoms with Crippen molar-refractivity contribution in [1.29, 1.82) is 0 Å². The number of halogens is 1. The molecule has 166 valence electrons. The summed E-state index contributed by atoms with van der Waals surface area (Å²) in [6.45, 7) is 2.29. The Bertz CT molecular complexity index is 1030. The number of hydrogen-bond acceptors (Lipinski definition) is 4. The van der Waals surface area contributed by atoms with Gasteiger partial charge in [0.2, 0.25) is 5.91 Å². The lowest BCUT2D eigenvalue weighted by atomic mass is 10.1. The second-order valence-electron chi connectivity index (χ2n) is 7.75. The number of nitrogens with zero attached hydrogens (tertiary/aromatic N) is 1. The second kappa shape index (κ2) is 11.1. The molecule has 0 unspecified atom stereocenters. The molecule has 0 spiro atoms. The van der Waals surface area contributed by atoms with Crippen LogP contribution >= 0.6 is 11.3 Å². The molecule has 1 amide bonds. The normalized spacial score (nSPS) is 15.8. The number of amides is 1. The molecule has 1 saturated heterocycles. The van der Waals surface area contributed by atoms with Gasteiger partial charge in [0.15, 0.2) is 0 Å². The molecule has 1 aromatic heterocycles. The van der Waals surface area contributed by atoms with E-state index >= 15 is 0 Å². The molecule has 4 nitrogen and oxygen atoms in total. The van der Waals surface area contributed by atoms with Gasteiger partial charge in [-0.05, 0) is 65.8 Å². The van der Waals surface area contributed by atoms with Crippen molar-refractivity contribution < 1.29 is 18.7 Å². The number of carbonyl (C=O) groups is 1. The fourth-order valence-electron chi connectivity index (χ4n) is 3.61.